The van der Waals surface area contributed by atoms with Gasteiger partial charge in [0, 0.05) is 6.42 Å². The fourth-order valence-corrected chi connectivity index (χ4v) is 8.29. The number of nitrogens with one attached hydrogen (secondary N) is 1. The second kappa shape index (κ2) is 10.1. The maximum atomic E-state index is 11.3. The number of hydroxylamine groups is 1. The Kier molecular flexibility index (Phi) is 7.34. The van der Waals surface area contributed by atoms with Crippen LogP contribution in [0.15, 0.2) is 52.6 Å². The average molecular weight is 511 g/mol. The topological polar surface area (TPSA) is 94.3 Å². The van der Waals surface area contributed by atoms with Crippen LogP contribution in [0.1, 0.15) is 85.0 Å². The highest BCUT2D eigenvalue weighted by Crippen LogP contribution is 2.62. The van der Waals surface area contributed by atoms with E-state index < -0.39 is 24.0 Å². The van der Waals surface area contributed by atoms with Crippen LogP contribution in [0.4, 0.5) is 0 Å². The van der Waals surface area contributed by atoms with Crippen LogP contribution >= 0.6 is 0 Å². The van der Waals surface area contributed by atoms with Crippen molar-refractivity contribution in [1.29, 1.82) is 0 Å². The number of hydrogen-bond acceptors (Lipinski definition) is 6. The lowest BCUT2D eigenvalue weighted by Crippen LogP contribution is -2.45. The van der Waals surface area contributed by atoms with E-state index in [0.29, 0.717) is 30.6 Å². The minimum Gasteiger partial charge on any atom is -0.393 e. The molecular weight excluding hydrogens is 464 g/mol. The number of hydrogen-bond donors (Lipinski definition) is 4. The maximum Gasteiger partial charge on any atom is 0.194 e. The number of nitrogens with zero attached hydrogens (tertiary/aromatic N) is 1. The number of fused-ring (bicyclic) bond motifs is 1. The highest BCUT2D eigenvalue weighted by molar-refractivity contribution is 5.56. The Bertz CT molecular complexity index is 1010. The van der Waals surface area contributed by atoms with Gasteiger partial charge < -0.3 is 15.3 Å². The molecule has 0 aromatic rings. The SMILES string of the molecule is C=C1/C(=C\C=C2/CCC[C@]3(C)[C@@H]([C@H](C)/C=C/[C@H](O)C4(C5(CC)N=CNO5)CC4)CC[C@@H]23)C[C@@H](O)C[C@@H]1O. The molecule has 0 saturated heterocycles. The fraction of sp³-hybridized carbons (Fsp3) is 0.710. The van der Waals surface area contributed by atoms with Crippen molar-refractivity contribution in [2.45, 2.75) is 109 Å². The first-order chi connectivity index (χ1) is 17.7. The molecule has 6 nitrogen and oxygen atoms in total. The molecule has 0 spiro atoms. The largest absolute Gasteiger partial charge is 0.393 e. The lowest BCUT2D eigenvalue weighted by atomic mass is 9.61. The summed E-state index contributed by atoms with van der Waals surface area (Å²) in [4.78, 5) is 10.4. The summed E-state index contributed by atoms with van der Waals surface area (Å²) in [5, 5.41) is 31.6. The zero-order chi connectivity index (χ0) is 26.4. The molecule has 0 radical (unpaired) electrons. The van der Waals surface area contributed by atoms with E-state index in [2.05, 4.69) is 56.1 Å². The van der Waals surface area contributed by atoms with Crippen molar-refractivity contribution in [1.82, 2.24) is 5.48 Å². The fourth-order valence-electron chi connectivity index (χ4n) is 8.29. The van der Waals surface area contributed by atoms with Crippen LogP contribution in [0.2, 0.25) is 0 Å². The number of allylic oxidation sites excluding steroid dienone is 4. The van der Waals surface area contributed by atoms with E-state index in [4.69, 9.17) is 4.84 Å². The van der Waals surface area contributed by atoms with Gasteiger partial charge in [0.25, 0.3) is 0 Å². The van der Waals surface area contributed by atoms with E-state index in [1.165, 1.54) is 31.3 Å². The van der Waals surface area contributed by atoms with Gasteiger partial charge in [0.1, 0.15) is 6.34 Å². The summed E-state index contributed by atoms with van der Waals surface area (Å²) in [5.74, 6) is 1.51. The van der Waals surface area contributed by atoms with Gasteiger partial charge in [0.05, 0.1) is 23.7 Å². The molecule has 1 aliphatic heterocycles. The predicted octanol–water partition coefficient (Wildman–Crippen LogP) is 5.13. The van der Waals surface area contributed by atoms with Crippen LogP contribution in [-0.4, -0.2) is 45.7 Å². The normalized spacial score (nSPS) is 42.8. The Labute approximate surface area is 222 Å². The molecule has 6 heteroatoms. The molecule has 37 heavy (non-hydrogen) atoms. The summed E-state index contributed by atoms with van der Waals surface area (Å²) in [5.41, 5.74) is 5.27. The highest BCUT2D eigenvalue weighted by Gasteiger charge is 2.65. The molecule has 4 saturated carbocycles. The molecule has 0 aromatic heterocycles. The van der Waals surface area contributed by atoms with Crippen molar-refractivity contribution in [3.05, 3.63) is 47.6 Å². The van der Waals surface area contributed by atoms with E-state index in [1.54, 1.807) is 6.34 Å². The smallest absolute Gasteiger partial charge is 0.194 e. The lowest BCUT2D eigenvalue weighted by molar-refractivity contribution is -0.131. The third-order valence-electron chi connectivity index (χ3n) is 10.7. The van der Waals surface area contributed by atoms with Gasteiger partial charge in [-0.25, -0.2) is 9.83 Å². The summed E-state index contributed by atoms with van der Waals surface area (Å²) in [6.07, 6.45) is 18.0. The molecule has 0 bridgehead atoms. The van der Waals surface area contributed by atoms with Crippen LogP contribution in [0.3, 0.4) is 0 Å². The summed E-state index contributed by atoms with van der Waals surface area (Å²) in [7, 11) is 0. The second-order valence-electron chi connectivity index (χ2n) is 12.6. The van der Waals surface area contributed by atoms with Crippen molar-refractivity contribution in [3.8, 4) is 0 Å². The Morgan fingerprint density at radius 1 is 1.22 bits per heavy atom. The summed E-state index contributed by atoms with van der Waals surface area (Å²) < 4.78 is 0. The van der Waals surface area contributed by atoms with Gasteiger partial charge in [-0.1, -0.05) is 57.2 Å². The molecule has 4 aliphatic carbocycles. The molecule has 4 fully saturated rings. The molecular formula is C31H46N2O4. The summed E-state index contributed by atoms with van der Waals surface area (Å²) >= 11 is 0. The van der Waals surface area contributed by atoms with E-state index >= 15 is 0 Å². The first kappa shape index (κ1) is 26.9. The Morgan fingerprint density at radius 3 is 2.68 bits per heavy atom. The monoisotopic (exact) mass is 510 g/mol. The Hall–Kier alpha value is -1.73. The zero-order valence-electron chi connectivity index (χ0n) is 22.8. The van der Waals surface area contributed by atoms with Crippen LogP contribution in [0, 0.1) is 28.6 Å². The van der Waals surface area contributed by atoms with Crippen LogP contribution in [-0.2, 0) is 4.84 Å². The van der Waals surface area contributed by atoms with Crippen molar-refractivity contribution < 1.29 is 20.2 Å². The molecule has 4 N–H and O–H groups in total. The highest BCUT2D eigenvalue weighted by atomic mass is 16.7. The quantitative estimate of drug-likeness (QED) is 0.356. The zero-order valence-corrected chi connectivity index (χ0v) is 22.8. The van der Waals surface area contributed by atoms with Crippen LogP contribution in [0.5, 0.6) is 0 Å². The van der Waals surface area contributed by atoms with Gasteiger partial charge in [0.2, 0.25) is 0 Å². The lowest BCUT2D eigenvalue weighted by Gasteiger charge is -2.44. The Balaban J connectivity index is 1.29. The van der Waals surface area contributed by atoms with Crippen molar-refractivity contribution in [2.24, 2.45) is 33.6 Å². The van der Waals surface area contributed by atoms with Crippen molar-refractivity contribution >= 4 is 6.34 Å². The third-order valence-corrected chi connectivity index (χ3v) is 10.7. The molecule has 5 rings (SSSR count). The Morgan fingerprint density at radius 2 is 2.00 bits per heavy atom. The summed E-state index contributed by atoms with van der Waals surface area (Å²) in [6, 6.07) is 0. The molecule has 5 aliphatic rings. The van der Waals surface area contributed by atoms with E-state index in [-0.39, 0.29) is 10.8 Å². The van der Waals surface area contributed by atoms with Gasteiger partial charge in [0.15, 0.2) is 5.72 Å². The average Bonchev–Trinajstić information content (AvgIpc) is 3.40. The number of rotatable bonds is 7. The molecule has 0 amide bonds. The molecule has 1 heterocycles. The first-order valence-corrected chi connectivity index (χ1v) is 14.4. The van der Waals surface area contributed by atoms with Crippen LogP contribution in [0.25, 0.3) is 0 Å². The molecule has 0 aromatic carbocycles. The number of aliphatic hydroxyl groups excluding tert-OH is 3. The molecule has 204 valence electrons. The standard InChI is InChI=1S/C31H46N2O4/c1-5-31(32-19-33-37-31)30(15-16-30)28(36)13-8-20(2)25-11-12-26-22(7-6-14-29(25,26)4)9-10-23-17-24(34)18-27(35)21(23)3/h8-10,13,19-20,24-28,34-36H,3,5-7,11-12,14-18H2,1-2,4H3,(H,32,33)/b13-8+,22-9+,23-10-/t20-,24-,25-,26+,27+,28+,29-,31?/m1/s1. The first-order valence-electron chi connectivity index (χ1n) is 14.4. The minimum absolute atomic E-state index is 0.241. The van der Waals surface area contributed by atoms with Crippen LogP contribution < -0.4 is 5.48 Å². The number of aliphatic imine (C=N–C) groups is 1. The number of aliphatic hydroxyl groups is 3. The van der Waals surface area contributed by atoms with Gasteiger partial charge >= 0.3 is 0 Å². The maximum absolute atomic E-state index is 11.3. The van der Waals surface area contributed by atoms with Gasteiger partial charge in [-0.2, -0.15) is 0 Å². The minimum atomic E-state index is -0.669. The van der Waals surface area contributed by atoms with E-state index in [9.17, 15) is 15.3 Å². The van der Waals surface area contributed by atoms with Crippen molar-refractivity contribution in [3.63, 3.8) is 0 Å². The molecule has 8 atom stereocenters. The predicted molar refractivity (Wildman–Crippen MR) is 146 cm³/mol. The second-order valence-corrected chi connectivity index (χ2v) is 12.6. The van der Waals surface area contributed by atoms with Gasteiger partial charge in [-0.3, -0.25) is 5.48 Å². The molecule has 1 unspecified atom stereocenters. The van der Waals surface area contributed by atoms with Gasteiger partial charge in [-0.15, -0.1) is 0 Å². The summed E-state index contributed by atoms with van der Waals surface area (Å²) in [6.45, 7) is 10.9. The third kappa shape index (κ3) is 4.58. The van der Waals surface area contributed by atoms with E-state index in [1.807, 2.05) is 6.08 Å². The van der Waals surface area contributed by atoms with Gasteiger partial charge in [-0.05, 0) is 92.1 Å². The van der Waals surface area contributed by atoms with E-state index in [0.717, 1.165) is 36.8 Å². The van der Waals surface area contributed by atoms with Crippen molar-refractivity contribution in [2.75, 3.05) is 0 Å².